The first-order valence-electron chi connectivity index (χ1n) is 7.66. The number of nitrogens with one attached hydrogen (secondary N) is 2. The average Bonchev–Trinajstić information content (AvgIpc) is 2.63. The standard InChI is InChI=1S/C20H15ClN2O2/c21-15-9-6-10-16(13-15)22-20(25)17-11-4-5-12-18(17)23-19(24)14-7-2-1-3-8-14/h1-13H,(H,22,25)(H,23,24). The molecule has 0 unspecified atom stereocenters. The van der Waals surface area contributed by atoms with Gasteiger partial charge in [-0.15, -0.1) is 0 Å². The van der Waals surface area contributed by atoms with Gasteiger partial charge in [0.1, 0.15) is 0 Å². The van der Waals surface area contributed by atoms with Gasteiger partial charge in [0.25, 0.3) is 11.8 Å². The minimum absolute atomic E-state index is 0.274. The van der Waals surface area contributed by atoms with Crippen molar-refractivity contribution in [3.63, 3.8) is 0 Å². The number of halogens is 1. The summed E-state index contributed by atoms with van der Waals surface area (Å²) in [7, 11) is 0. The maximum atomic E-state index is 12.6. The van der Waals surface area contributed by atoms with E-state index >= 15 is 0 Å². The van der Waals surface area contributed by atoms with E-state index in [1.54, 1.807) is 72.8 Å². The normalized spacial score (nSPS) is 10.1. The summed E-state index contributed by atoms with van der Waals surface area (Å²) in [6.07, 6.45) is 0. The number of para-hydroxylation sites is 1. The molecule has 3 aromatic carbocycles. The number of hydrogen-bond acceptors (Lipinski definition) is 2. The fraction of sp³-hybridized carbons (Fsp3) is 0. The lowest BCUT2D eigenvalue weighted by atomic mass is 10.1. The zero-order valence-electron chi connectivity index (χ0n) is 13.2. The van der Waals surface area contributed by atoms with Crippen molar-refractivity contribution in [2.24, 2.45) is 0 Å². The summed E-state index contributed by atoms with van der Waals surface area (Å²) in [4.78, 5) is 24.9. The molecule has 0 aliphatic rings. The Hall–Kier alpha value is -3.11. The van der Waals surface area contributed by atoms with Gasteiger partial charge in [-0.3, -0.25) is 9.59 Å². The molecule has 4 nitrogen and oxygen atoms in total. The lowest BCUT2D eigenvalue weighted by molar-refractivity contribution is 0.102. The molecule has 124 valence electrons. The highest BCUT2D eigenvalue weighted by Crippen LogP contribution is 2.20. The molecule has 5 heteroatoms. The SMILES string of the molecule is O=C(Nc1ccccc1C(=O)Nc1cccc(Cl)c1)c1ccccc1. The third-order valence-electron chi connectivity index (χ3n) is 3.54. The van der Waals surface area contributed by atoms with E-state index in [1.807, 2.05) is 6.07 Å². The van der Waals surface area contributed by atoms with Crippen molar-refractivity contribution in [1.82, 2.24) is 0 Å². The van der Waals surface area contributed by atoms with Crippen LogP contribution in [0.2, 0.25) is 5.02 Å². The molecule has 0 saturated carbocycles. The van der Waals surface area contributed by atoms with Gasteiger partial charge < -0.3 is 10.6 Å². The lowest BCUT2D eigenvalue weighted by Crippen LogP contribution is -2.18. The van der Waals surface area contributed by atoms with Crippen LogP contribution in [0.4, 0.5) is 11.4 Å². The van der Waals surface area contributed by atoms with E-state index in [2.05, 4.69) is 10.6 Å². The van der Waals surface area contributed by atoms with Crippen LogP contribution >= 0.6 is 11.6 Å². The van der Waals surface area contributed by atoms with Crippen LogP contribution in [0.15, 0.2) is 78.9 Å². The number of anilines is 2. The van der Waals surface area contributed by atoms with Gasteiger partial charge in [0.2, 0.25) is 0 Å². The number of rotatable bonds is 4. The van der Waals surface area contributed by atoms with Crippen LogP contribution in [0.3, 0.4) is 0 Å². The molecule has 25 heavy (non-hydrogen) atoms. The van der Waals surface area contributed by atoms with E-state index in [-0.39, 0.29) is 11.8 Å². The van der Waals surface area contributed by atoms with Crippen molar-refractivity contribution in [3.8, 4) is 0 Å². The van der Waals surface area contributed by atoms with E-state index in [1.165, 1.54) is 0 Å². The topological polar surface area (TPSA) is 58.2 Å². The first kappa shape index (κ1) is 16.7. The molecule has 0 atom stereocenters. The largest absolute Gasteiger partial charge is 0.322 e. The van der Waals surface area contributed by atoms with Crippen LogP contribution in [0.1, 0.15) is 20.7 Å². The molecule has 3 aromatic rings. The maximum absolute atomic E-state index is 12.6. The van der Waals surface area contributed by atoms with Crippen LogP contribution in [0.25, 0.3) is 0 Å². The Morgan fingerprint density at radius 1 is 0.720 bits per heavy atom. The van der Waals surface area contributed by atoms with Crippen LogP contribution in [0, 0.1) is 0 Å². The fourth-order valence-corrected chi connectivity index (χ4v) is 2.53. The van der Waals surface area contributed by atoms with Gasteiger partial charge in [-0.1, -0.05) is 48.0 Å². The molecular weight excluding hydrogens is 336 g/mol. The second-order valence-corrected chi connectivity index (χ2v) is 5.77. The van der Waals surface area contributed by atoms with Gasteiger partial charge in [0.05, 0.1) is 11.3 Å². The number of amides is 2. The summed E-state index contributed by atoms with van der Waals surface area (Å²) in [6, 6.07) is 22.6. The van der Waals surface area contributed by atoms with Crippen LogP contribution in [-0.4, -0.2) is 11.8 Å². The van der Waals surface area contributed by atoms with Crippen molar-refractivity contribution in [3.05, 3.63) is 95.0 Å². The molecule has 0 radical (unpaired) electrons. The smallest absolute Gasteiger partial charge is 0.257 e. The van der Waals surface area contributed by atoms with Gasteiger partial charge in [0.15, 0.2) is 0 Å². The highest BCUT2D eigenvalue weighted by atomic mass is 35.5. The molecule has 0 spiro atoms. The Morgan fingerprint density at radius 2 is 1.44 bits per heavy atom. The van der Waals surface area contributed by atoms with E-state index in [0.29, 0.717) is 27.5 Å². The summed E-state index contributed by atoms with van der Waals surface area (Å²) in [5.41, 5.74) is 1.91. The minimum atomic E-state index is -0.328. The quantitative estimate of drug-likeness (QED) is 0.707. The molecule has 2 N–H and O–H groups in total. The van der Waals surface area contributed by atoms with E-state index < -0.39 is 0 Å². The average molecular weight is 351 g/mol. The number of benzene rings is 3. The van der Waals surface area contributed by atoms with Gasteiger partial charge in [-0.25, -0.2) is 0 Å². The Labute approximate surface area is 150 Å². The van der Waals surface area contributed by atoms with Crippen molar-refractivity contribution in [2.75, 3.05) is 10.6 Å². The Morgan fingerprint density at radius 3 is 2.20 bits per heavy atom. The molecule has 0 aliphatic heterocycles. The zero-order valence-corrected chi connectivity index (χ0v) is 14.0. The van der Waals surface area contributed by atoms with Gasteiger partial charge in [-0.2, -0.15) is 0 Å². The van der Waals surface area contributed by atoms with Crippen molar-refractivity contribution >= 4 is 34.8 Å². The second kappa shape index (κ2) is 7.64. The van der Waals surface area contributed by atoms with E-state index in [9.17, 15) is 9.59 Å². The van der Waals surface area contributed by atoms with Gasteiger partial charge in [0, 0.05) is 16.3 Å². The zero-order chi connectivity index (χ0) is 17.6. The Kier molecular flexibility index (Phi) is 5.11. The molecule has 0 aliphatic carbocycles. The molecule has 0 bridgehead atoms. The molecule has 0 fully saturated rings. The third kappa shape index (κ3) is 4.25. The third-order valence-corrected chi connectivity index (χ3v) is 3.77. The predicted molar refractivity (Wildman–Crippen MR) is 100 cm³/mol. The van der Waals surface area contributed by atoms with E-state index in [4.69, 9.17) is 11.6 Å². The van der Waals surface area contributed by atoms with Crippen LogP contribution < -0.4 is 10.6 Å². The highest BCUT2D eigenvalue weighted by Gasteiger charge is 2.14. The van der Waals surface area contributed by atoms with Gasteiger partial charge in [-0.05, 0) is 42.5 Å². The second-order valence-electron chi connectivity index (χ2n) is 5.33. The summed E-state index contributed by atoms with van der Waals surface area (Å²) in [6.45, 7) is 0. The highest BCUT2D eigenvalue weighted by molar-refractivity contribution is 6.31. The lowest BCUT2D eigenvalue weighted by Gasteiger charge is -2.11. The maximum Gasteiger partial charge on any atom is 0.257 e. The minimum Gasteiger partial charge on any atom is -0.322 e. The summed E-state index contributed by atoms with van der Waals surface area (Å²) >= 11 is 5.93. The number of hydrogen-bond donors (Lipinski definition) is 2. The van der Waals surface area contributed by atoms with E-state index in [0.717, 1.165) is 0 Å². The predicted octanol–water partition coefficient (Wildman–Crippen LogP) is 4.84. The fourth-order valence-electron chi connectivity index (χ4n) is 2.34. The van der Waals surface area contributed by atoms with Crippen LogP contribution in [-0.2, 0) is 0 Å². The Bertz CT molecular complexity index is 910. The van der Waals surface area contributed by atoms with Crippen molar-refractivity contribution in [2.45, 2.75) is 0 Å². The summed E-state index contributed by atoms with van der Waals surface area (Å²) in [5, 5.41) is 6.09. The number of carbonyl (C=O) groups excluding carboxylic acids is 2. The van der Waals surface area contributed by atoms with Crippen molar-refractivity contribution < 1.29 is 9.59 Å². The summed E-state index contributed by atoms with van der Waals surface area (Å²) in [5.74, 6) is -0.602. The molecule has 2 amide bonds. The first-order valence-corrected chi connectivity index (χ1v) is 8.03. The van der Waals surface area contributed by atoms with Crippen LogP contribution in [0.5, 0.6) is 0 Å². The molecular formula is C20H15ClN2O2. The molecule has 0 aromatic heterocycles. The summed E-state index contributed by atoms with van der Waals surface area (Å²) < 4.78 is 0. The molecule has 0 saturated heterocycles. The Balaban J connectivity index is 1.81. The monoisotopic (exact) mass is 350 g/mol. The first-order chi connectivity index (χ1) is 12.1. The van der Waals surface area contributed by atoms with Crippen molar-refractivity contribution in [1.29, 1.82) is 0 Å². The molecule has 0 heterocycles. The number of carbonyl (C=O) groups is 2. The molecule has 3 rings (SSSR count). The van der Waals surface area contributed by atoms with Gasteiger partial charge >= 0.3 is 0 Å².